The second-order valence-corrected chi connectivity index (χ2v) is 5.18. The van der Waals surface area contributed by atoms with Crippen LogP contribution < -0.4 is 0 Å². The van der Waals surface area contributed by atoms with Gasteiger partial charge in [-0.25, -0.2) is 4.79 Å². The lowest BCUT2D eigenvalue weighted by atomic mass is 10.0. The van der Waals surface area contributed by atoms with Crippen molar-refractivity contribution in [3.05, 3.63) is 34.9 Å². The van der Waals surface area contributed by atoms with Gasteiger partial charge < -0.3 is 10.0 Å². The lowest BCUT2D eigenvalue weighted by Gasteiger charge is -2.21. The molecule has 0 aromatic heterocycles. The summed E-state index contributed by atoms with van der Waals surface area (Å²) in [7, 11) is 0. The van der Waals surface area contributed by atoms with Gasteiger partial charge in [0.2, 0.25) is 5.91 Å². The Morgan fingerprint density at radius 1 is 1.32 bits per heavy atom. The summed E-state index contributed by atoms with van der Waals surface area (Å²) >= 11 is 0. The van der Waals surface area contributed by atoms with Gasteiger partial charge in [-0.05, 0) is 43.4 Å². The monoisotopic (exact) mass is 261 g/mol. The smallest absolute Gasteiger partial charge is 0.326 e. The fourth-order valence-corrected chi connectivity index (χ4v) is 2.51. The van der Waals surface area contributed by atoms with E-state index in [4.69, 9.17) is 5.11 Å². The van der Waals surface area contributed by atoms with E-state index >= 15 is 0 Å². The van der Waals surface area contributed by atoms with Gasteiger partial charge in [0.1, 0.15) is 6.04 Å². The standard InChI is InChI=1S/C15H19NO3/c1-10-5-6-12(8-11(10)2)9-14(17)16-7-3-4-13(16)15(18)19/h5-6,8,13H,3-4,7,9H2,1-2H3,(H,18,19)/t13-/m1/s1. The number of hydrogen-bond acceptors (Lipinski definition) is 2. The first-order valence-corrected chi connectivity index (χ1v) is 6.57. The van der Waals surface area contributed by atoms with Gasteiger partial charge in [-0.2, -0.15) is 0 Å². The largest absolute Gasteiger partial charge is 0.480 e. The van der Waals surface area contributed by atoms with Crippen molar-refractivity contribution in [2.45, 2.75) is 39.2 Å². The van der Waals surface area contributed by atoms with Gasteiger partial charge in [-0.3, -0.25) is 4.79 Å². The molecule has 19 heavy (non-hydrogen) atoms. The molecule has 0 saturated carbocycles. The lowest BCUT2D eigenvalue weighted by molar-refractivity contribution is -0.148. The van der Waals surface area contributed by atoms with Crippen molar-refractivity contribution in [1.29, 1.82) is 0 Å². The topological polar surface area (TPSA) is 57.6 Å². The lowest BCUT2D eigenvalue weighted by Crippen LogP contribution is -2.41. The quantitative estimate of drug-likeness (QED) is 0.904. The minimum Gasteiger partial charge on any atom is -0.480 e. The van der Waals surface area contributed by atoms with Crippen LogP contribution >= 0.6 is 0 Å². The minimum absolute atomic E-state index is 0.0897. The fourth-order valence-electron chi connectivity index (χ4n) is 2.51. The molecule has 0 aliphatic carbocycles. The van der Waals surface area contributed by atoms with Crippen molar-refractivity contribution in [3.8, 4) is 0 Å². The molecule has 2 rings (SSSR count). The summed E-state index contributed by atoms with van der Waals surface area (Å²) in [5.74, 6) is -0.987. The van der Waals surface area contributed by atoms with Gasteiger partial charge in [0.15, 0.2) is 0 Å². The molecule has 1 atom stereocenters. The summed E-state index contributed by atoms with van der Waals surface area (Å²) in [6.45, 7) is 4.60. The molecule has 4 heteroatoms. The number of carboxylic acid groups (broad SMARTS) is 1. The van der Waals surface area contributed by atoms with Gasteiger partial charge in [-0.1, -0.05) is 18.2 Å². The van der Waals surface area contributed by atoms with Gasteiger partial charge in [0.05, 0.1) is 6.42 Å². The average molecular weight is 261 g/mol. The molecule has 1 aliphatic rings. The number of aryl methyl sites for hydroxylation is 2. The van der Waals surface area contributed by atoms with Crippen LogP contribution in [0.4, 0.5) is 0 Å². The molecule has 1 aromatic carbocycles. The Morgan fingerprint density at radius 3 is 2.68 bits per heavy atom. The Labute approximate surface area is 113 Å². The highest BCUT2D eigenvalue weighted by molar-refractivity contribution is 5.85. The fraction of sp³-hybridized carbons (Fsp3) is 0.467. The van der Waals surface area contributed by atoms with Crippen LogP contribution in [-0.4, -0.2) is 34.5 Å². The van der Waals surface area contributed by atoms with Crippen molar-refractivity contribution < 1.29 is 14.7 Å². The Hall–Kier alpha value is -1.84. The first kappa shape index (κ1) is 13.6. The Bertz CT molecular complexity index is 510. The van der Waals surface area contributed by atoms with E-state index in [2.05, 4.69) is 0 Å². The number of benzene rings is 1. The molecule has 0 unspecified atom stereocenters. The summed E-state index contributed by atoms with van der Waals surface area (Å²) in [4.78, 5) is 24.8. The molecule has 1 saturated heterocycles. The van der Waals surface area contributed by atoms with Gasteiger partial charge >= 0.3 is 5.97 Å². The molecule has 0 spiro atoms. The molecule has 102 valence electrons. The highest BCUT2D eigenvalue weighted by Gasteiger charge is 2.33. The number of rotatable bonds is 3. The number of nitrogens with zero attached hydrogens (tertiary/aromatic N) is 1. The van der Waals surface area contributed by atoms with Crippen LogP contribution in [0.3, 0.4) is 0 Å². The predicted octanol–water partition coefficient (Wildman–Crippen LogP) is 1.92. The highest BCUT2D eigenvalue weighted by Crippen LogP contribution is 2.19. The molecular formula is C15H19NO3. The summed E-state index contributed by atoms with van der Waals surface area (Å²) in [6.07, 6.45) is 1.62. The maximum atomic E-state index is 12.2. The van der Waals surface area contributed by atoms with Crippen LogP contribution in [0.1, 0.15) is 29.5 Å². The van der Waals surface area contributed by atoms with E-state index in [1.165, 1.54) is 10.5 Å². The molecule has 1 fully saturated rings. The number of carbonyl (C=O) groups is 2. The van der Waals surface area contributed by atoms with Crippen molar-refractivity contribution in [3.63, 3.8) is 0 Å². The molecule has 1 aliphatic heterocycles. The first-order valence-electron chi connectivity index (χ1n) is 6.57. The van der Waals surface area contributed by atoms with Gasteiger partial charge in [0, 0.05) is 6.54 Å². The third kappa shape index (κ3) is 2.95. The number of carboxylic acids is 1. The van der Waals surface area contributed by atoms with E-state index in [-0.39, 0.29) is 12.3 Å². The third-order valence-corrected chi connectivity index (χ3v) is 3.78. The van der Waals surface area contributed by atoms with E-state index in [9.17, 15) is 9.59 Å². The van der Waals surface area contributed by atoms with Gasteiger partial charge in [0.25, 0.3) is 0 Å². The summed E-state index contributed by atoms with van der Waals surface area (Å²) in [6, 6.07) is 5.29. The summed E-state index contributed by atoms with van der Waals surface area (Å²) in [5.41, 5.74) is 3.30. The van der Waals surface area contributed by atoms with Crippen LogP contribution in [0.15, 0.2) is 18.2 Å². The van der Waals surface area contributed by atoms with E-state index < -0.39 is 12.0 Å². The van der Waals surface area contributed by atoms with Gasteiger partial charge in [-0.15, -0.1) is 0 Å². The van der Waals surface area contributed by atoms with Crippen LogP contribution in [0.5, 0.6) is 0 Å². The van der Waals surface area contributed by atoms with E-state index in [1.807, 2.05) is 32.0 Å². The average Bonchev–Trinajstić information content (AvgIpc) is 2.83. The molecule has 1 amide bonds. The van der Waals surface area contributed by atoms with E-state index in [0.29, 0.717) is 13.0 Å². The second kappa shape index (κ2) is 5.43. The van der Waals surface area contributed by atoms with Crippen molar-refractivity contribution in [2.75, 3.05) is 6.54 Å². The van der Waals surface area contributed by atoms with Crippen molar-refractivity contribution in [2.24, 2.45) is 0 Å². The SMILES string of the molecule is Cc1ccc(CC(=O)N2CCC[C@@H]2C(=O)O)cc1C. The van der Waals surface area contributed by atoms with Crippen LogP contribution in [0, 0.1) is 13.8 Å². The maximum Gasteiger partial charge on any atom is 0.326 e. The molecule has 1 N–H and O–H groups in total. The highest BCUT2D eigenvalue weighted by atomic mass is 16.4. The third-order valence-electron chi connectivity index (χ3n) is 3.78. The molecule has 0 radical (unpaired) electrons. The Morgan fingerprint density at radius 2 is 2.05 bits per heavy atom. The Balaban J connectivity index is 2.08. The first-order chi connectivity index (χ1) is 8.99. The molecule has 0 bridgehead atoms. The van der Waals surface area contributed by atoms with Crippen molar-refractivity contribution in [1.82, 2.24) is 4.90 Å². The number of aliphatic carboxylic acids is 1. The zero-order valence-corrected chi connectivity index (χ0v) is 11.3. The normalized spacial score (nSPS) is 18.6. The molecule has 1 aromatic rings. The van der Waals surface area contributed by atoms with E-state index in [1.54, 1.807) is 0 Å². The maximum absolute atomic E-state index is 12.2. The van der Waals surface area contributed by atoms with Crippen LogP contribution in [-0.2, 0) is 16.0 Å². The van der Waals surface area contributed by atoms with Crippen molar-refractivity contribution >= 4 is 11.9 Å². The zero-order valence-electron chi connectivity index (χ0n) is 11.3. The molecular weight excluding hydrogens is 242 g/mol. The molecule has 4 nitrogen and oxygen atoms in total. The molecule has 1 heterocycles. The summed E-state index contributed by atoms with van der Waals surface area (Å²) < 4.78 is 0. The van der Waals surface area contributed by atoms with E-state index in [0.717, 1.165) is 17.5 Å². The second-order valence-electron chi connectivity index (χ2n) is 5.18. The zero-order chi connectivity index (χ0) is 14.0. The Kier molecular flexibility index (Phi) is 3.88. The number of amides is 1. The summed E-state index contributed by atoms with van der Waals surface area (Å²) in [5, 5.41) is 9.09. The number of likely N-dealkylation sites (tertiary alicyclic amines) is 1. The van der Waals surface area contributed by atoms with Crippen LogP contribution in [0.25, 0.3) is 0 Å². The number of carbonyl (C=O) groups excluding carboxylic acids is 1. The number of hydrogen-bond donors (Lipinski definition) is 1. The predicted molar refractivity (Wildman–Crippen MR) is 72.0 cm³/mol. The minimum atomic E-state index is -0.897. The van der Waals surface area contributed by atoms with Crippen LogP contribution in [0.2, 0.25) is 0 Å².